The third kappa shape index (κ3) is 4.07. The zero-order chi connectivity index (χ0) is 17.2. The highest BCUT2D eigenvalue weighted by molar-refractivity contribution is 7.90. The van der Waals surface area contributed by atoms with Crippen molar-refractivity contribution in [3.05, 3.63) is 29.2 Å². The second-order valence-corrected chi connectivity index (χ2v) is 8.62. The fourth-order valence-electron chi connectivity index (χ4n) is 2.22. The number of aromatic nitrogens is 2. The van der Waals surface area contributed by atoms with Gasteiger partial charge in [0.1, 0.15) is 9.90 Å². The Bertz CT molecular complexity index is 691. The van der Waals surface area contributed by atoms with Crippen LogP contribution in [0.15, 0.2) is 18.5 Å². The van der Waals surface area contributed by atoms with Crippen LogP contribution in [-0.2, 0) is 11.4 Å². The van der Waals surface area contributed by atoms with Crippen molar-refractivity contribution < 1.29 is 9.29 Å². The summed E-state index contributed by atoms with van der Waals surface area (Å²) in [5, 5.41) is 2.09. The second kappa shape index (κ2) is 7.21. The molecule has 2 heterocycles. The zero-order valence-electron chi connectivity index (χ0n) is 14.0. The van der Waals surface area contributed by atoms with E-state index >= 15 is 0 Å². The lowest BCUT2D eigenvalue weighted by molar-refractivity contribution is 0.402. The molecule has 0 bridgehead atoms. The van der Waals surface area contributed by atoms with E-state index < -0.39 is 11.4 Å². The molecule has 1 N–H and O–H groups in total. The van der Waals surface area contributed by atoms with Gasteiger partial charge >= 0.3 is 0 Å². The van der Waals surface area contributed by atoms with Gasteiger partial charge in [-0.05, 0) is 38.6 Å². The first-order valence-electron chi connectivity index (χ1n) is 7.44. The first kappa shape index (κ1) is 18.3. The number of methoxy groups -OCH3 is 1. The lowest BCUT2D eigenvalue weighted by Crippen LogP contribution is -2.41. The maximum atomic E-state index is 12.4. The summed E-state index contributed by atoms with van der Waals surface area (Å²) in [5.41, 5.74) is 0.935. The van der Waals surface area contributed by atoms with Gasteiger partial charge in [-0.2, -0.15) is 0 Å². The Morgan fingerprint density at radius 3 is 2.57 bits per heavy atom. The SMILES string of the molecule is CCC(N[S@@+]([O-])C(C)(C)C)c1cnc(OC)c2cnc(Cl)cc12. The van der Waals surface area contributed by atoms with E-state index in [1.54, 1.807) is 25.6 Å². The molecule has 1 unspecified atom stereocenters. The van der Waals surface area contributed by atoms with E-state index in [1.165, 1.54) is 0 Å². The molecule has 0 radical (unpaired) electrons. The van der Waals surface area contributed by atoms with E-state index in [4.69, 9.17) is 16.3 Å². The van der Waals surface area contributed by atoms with Crippen molar-refractivity contribution in [1.82, 2.24) is 14.7 Å². The van der Waals surface area contributed by atoms with Crippen LogP contribution in [0.1, 0.15) is 45.7 Å². The van der Waals surface area contributed by atoms with Crippen LogP contribution in [-0.4, -0.2) is 26.4 Å². The van der Waals surface area contributed by atoms with Crippen LogP contribution in [0.25, 0.3) is 10.8 Å². The molecule has 0 aliphatic rings. The highest BCUT2D eigenvalue weighted by atomic mass is 35.5. The summed E-state index contributed by atoms with van der Waals surface area (Å²) in [6, 6.07) is 1.69. The lowest BCUT2D eigenvalue weighted by atomic mass is 10.0. The molecule has 0 fully saturated rings. The zero-order valence-corrected chi connectivity index (χ0v) is 15.6. The standard InChI is InChI=1S/C16H22ClN3O2S/c1-6-13(20-23(21)16(2,3)4)11-8-19-15(22-5)12-9-18-14(17)7-10(11)12/h7-9,13,20H,6H2,1-5H3/t13?,23-/m0/s1. The number of nitrogens with zero attached hydrogens (tertiary/aromatic N) is 2. The van der Waals surface area contributed by atoms with Crippen LogP contribution in [0, 0.1) is 0 Å². The molecule has 126 valence electrons. The number of ether oxygens (including phenoxy) is 1. The predicted molar refractivity (Wildman–Crippen MR) is 95.2 cm³/mol. The van der Waals surface area contributed by atoms with E-state index in [1.807, 2.05) is 27.7 Å². The van der Waals surface area contributed by atoms with E-state index in [-0.39, 0.29) is 10.8 Å². The molecule has 0 aromatic carbocycles. The van der Waals surface area contributed by atoms with Gasteiger partial charge in [0.2, 0.25) is 5.88 Å². The molecule has 2 atom stereocenters. The van der Waals surface area contributed by atoms with Crippen molar-refractivity contribution in [2.45, 2.75) is 44.9 Å². The van der Waals surface area contributed by atoms with E-state index in [0.717, 1.165) is 22.8 Å². The number of halogens is 1. The quantitative estimate of drug-likeness (QED) is 0.652. The van der Waals surface area contributed by atoms with Crippen molar-refractivity contribution >= 4 is 33.7 Å². The summed E-state index contributed by atoms with van der Waals surface area (Å²) in [7, 11) is 1.57. The lowest BCUT2D eigenvalue weighted by Gasteiger charge is -2.28. The van der Waals surface area contributed by atoms with Gasteiger partial charge in [0.15, 0.2) is 0 Å². The Morgan fingerprint density at radius 1 is 1.30 bits per heavy atom. The number of rotatable bonds is 5. The number of hydrogen-bond acceptors (Lipinski definition) is 5. The van der Waals surface area contributed by atoms with Crippen LogP contribution in [0.4, 0.5) is 0 Å². The maximum absolute atomic E-state index is 12.4. The Balaban J connectivity index is 2.50. The second-order valence-electron chi connectivity index (χ2n) is 6.24. The summed E-state index contributed by atoms with van der Waals surface area (Å²) in [6.45, 7) is 7.85. The van der Waals surface area contributed by atoms with Crippen LogP contribution in [0.5, 0.6) is 5.88 Å². The van der Waals surface area contributed by atoms with Gasteiger partial charge in [0.25, 0.3) is 0 Å². The molecule has 2 rings (SSSR count). The molecule has 5 nitrogen and oxygen atoms in total. The Hall–Kier alpha value is -1.08. The third-order valence-corrected chi connectivity index (χ3v) is 5.33. The number of hydrogen-bond donors (Lipinski definition) is 1. The molecular formula is C16H22ClN3O2S. The predicted octanol–water partition coefficient (Wildman–Crippen LogP) is 3.79. The van der Waals surface area contributed by atoms with Crippen LogP contribution >= 0.6 is 11.6 Å². The fourth-order valence-corrected chi connectivity index (χ4v) is 3.28. The first-order valence-corrected chi connectivity index (χ1v) is 8.97. The molecule has 2 aromatic rings. The van der Waals surface area contributed by atoms with Gasteiger partial charge in [0, 0.05) is 29.3 Å². The van der Waals surface area contributed by atoms with Gasteiger partial charge in [-0.1, -0.05) is 18.5 Å². The summed E-state index contributed by atoms with van der Waals surface area (Å²) in [6.07, 6.45) is 4.17. The first-order chi connectivity index (χ1) is 10.8. The van der Waals surface area contributed by atoms with E-state index in [2.05, 4.69) is 14.7 Å². The number of nitrogens with one attached hydrogen (secondary N) is 1. The molecule has 0 aliphatic carbocycles. The third-order valence-electron chi connectivity index (χ3n) is 3.52. The summed E-state index contributed by atoms with van der Waals surface area (Å²) in [4.78, 5) is 8.46. The molecule has 0 saturated carbocycles. The highest BCUT2D eigenvalue weighted by Gasteiger charge is 2.30. The average molecular weight is 356 g/mol. The molecule has 0 spiro atoms. The Morgan fingerprint density at radius 2 is 2.00 bits per heavy atom. The van der Waals surface area contributed by atoms with Crippen LogP contribution in [0.3, 0.4) is 0 Å². The minimum atomic E-state index is -1.18. The summed E-state index contributed by atoms with van der Waals surface area (Å²) in [5.74, 6) is 0.500. The van der Waals surface area contributed by atoms with Crippen molar-refractivity contribution in [2.75, 3.05) is 7.11 Å². The number of fused-ring (bicyclic) bond motifs is 1. The van der Waals surface area contributed by atoms with Crippen molar-refractivity contribution in [3.8, 4) is 5.88 Å². The molecule has 2 aromatic heterocycles. The summed E-state index contributed by atoms with van der Waals surface area (Å²) >= 11 is 4.88. The monoisotopic (exact) mass is 355 g/mol. The molecule has 7 heteroatoms. The maximum Gasteiger partial charge on any atom is 0.222 e. The Labute approximate surface area is 145 Å². The van der Waals surface area contributed by atoms with E-state index in [0.29, 0.717) is 11.0 Å². The van der Waals surface area contributed by atoms with Gasteiger partial charge in [-0.3, -0.25) is 0 Å². The summed E-state index contributed by atoms with van der Waals surface area (Å²) < 4.78 is 20.6. The molecule has 0 aliphatic heterocycles. The van der Waals surface area contributed by atoms with Crippen molar-refractivity contribution in [3.63, 3.8) is 0 Å². The Kier molecular flexibility index (Phi) is 5.73. The smallest absolute Gasteiger partial charge is 0.222 e. The number of pyridine rings is 2. The van der Waals surface area contributed by atoms with Gasteiger partial charge in [-0.25, -0.2) is 9.97 Å². The molecule has 23 heavy (non-hydrogen) atoms. The largest absolute Gasteiger partial charge is 0.598 e. The fraction of sp³-hybridized carbons (Fsp3) is 0.500. The molecule has 0 amide bonds. The van der Waals surface area contributed by atoms with Crippen LogP contribution in [0.2, 0.25) is 5.15 Å². The average Bonchev–Trinajstić information content (AvgIpc) is 2.50. The van der Waals surface area contributed by atoms with Gasteiger partial charge in [0.05, 0.1) is 18.5 Å². The highest BCUT2D eigenvalue weighted by Crippen LogP contribution is 2.32. The normalized spacial score (nSPS) is 14.7. The molecule has 0 saturated heterocycles. The van der Waals surface area contributed by atoms with E-state index in [9.17, 15) is 4.55 Å². The van der Waals surface area contributed by atoms with Gasteiger partial charge < -0.3 is 9.29 Å². The van der Waals surface area contributed by atoms with Crippen molar-refractivity contribution in [1.29, 1.82) is 0 Å². The minimum absolute atomic E-state index is 0.102. The minimum Gasteiger partial charge on any atom is -0.598 e. The van der Waals surface area contributed by atoms with Gasteiger partial charge in [-0.15, -0.1) is 4.72 Å². The van der Waals surface area contributed by atoms with Crippen LogP contribution < -0.4 is 9.46 Å². The topological polar surface area (TPSA) is 70.1 Å². The van der Waals surface area contributed by atoms with Crippen molar-refractivity contribution in [2.24, 2.45) is 0 Å². The molecular weight excluding hydrogens is 334 g/mol.